The van der Waals surface area contributed by atoms with Gasteiger partial charge in [-0.25, -0.2) is 14.6 Å². The first kappa shape index (κ1) is 19.9. The Hall–Kier alpha value is -3.43. The third-order valence-corrected chi connectivity index (χ3v) is 5.15. The number of rotatable bonds is 4. The molecule has 0 radical (unpaired) electrons. The highest BCUT2D eigenvalue weighted by Gasteiger charge is 2.27. The number of hydrogen-bond donors (Lipinski definition) is 0. The van der Waals surface area contributed by atoms with Crippen molar-refractivity contribution in [3.05, 3.63) is 41.1 Å². The summed E-state index contributed by atoms with van der Waals surface area (Å²) in [6, 6.07) is 3.97. The Morgan fingerprint density at radius 3 is 2.33 bits per heavy atom. The topological polar surface area (TPSA) is 94.2 Å². The first-order valence-electron chi connectivity index (χ1n) is 9.87. The standard InChI is InChI=1S/C20H26N8O2/c1-13-10-14(2)28(23-13)18-11-17(21-15(3)22-18)26-6-8-27(9-7-26)20(29)16-12-25(4)24-19(16)30-5/h10-12H,6-9H2,1-5H3. The lowest BCUT2D eigenvalue weighted by Gasteiger charge is -2.35. The molecule has 0 aromatic carbocycles. The Bertz CT molecular complexity index is 1080. The average Bonchev–Trinajstić information content (AvgIpc) is 3.28. The van der Waals surface area contributed by atoms with E-state index in [0.717, 1.165) is 23.0 Å². The van der Waals surface area contributed by atoms with E-state index in [1.54, 1.807) is 17.9 Å². The Kier molecular flexibility index (Phi) is 5.15. The second-order valence-corrected chi connectivity index (χ2v) is 7.48. The molecule has 1 aliphatic rings. The van der Waals surface area contributed by atoms with Gasteiger partial charge in [-0.05, 0) is 26.8 Å². The lowest BCUT2D eigenvalue weighted by Crippen LogP contribution is -2.49. The zero-order valence-electron chi connectivity index (χ0n) is 18.0. The van der Waals surface area contributed by atoms with Crippen molar-refractivity contribution < 1.29 is 9.53 Å². The molecule has 10 nitrogen and oxygen atoms in total. The van der Waals surface area contributed by atoms with Gasteiger partial charge in [0.1, 0.15) is 17.2 Å². The van der Waals surface area contributed by atoms with Crippen LogP contribution in [-0.4, -0.2) is 73.6 Å². The van der Waals surface area contributed by atoms with Gasteiger partial charge < -0.3 is 14.5 Å². The van der Waals surface area contributed by atoms with E-state index in [1.165, 1.54) is 7.11 Å². The van der Waals surface area contributed by atoms with Gasteiger partial charge in [-0.15, -0.1) is 5.10 Å². The lowest BCUT2D eigenvalue weighted by molar-refractivity contribution is 0.0743. The van der Waals surface area contributed by atoms with Crippen molar-refractivity contribution in [2.75, 3.05) is 38.2 Å². The molecule has 0 atom stereocenters. The summed E-state index contributed by atoms with van der Waals surface area (Å²) in [5.74, 6) is 2.57. The summed E-state index contributed by atoms with van der Waals surface area (Å²) < 4.78 is 8.66. The quantitative estimate of drug-likeness (QED) is 0.640. The van der Waals surface area contributed by atoms with E-state index >= 15 is 0 Å². The summed E-state index contributed by atoms with van der Waals surface area (Å²) in [5.41, 5.74) is 2.46. The molecule has 4 heterocycles. The first-order valence-corrected chi connectivity index (χ1v) is 9.87. The van der Waals surface area contributed by atoms with E-state index in [1.807, 2.05) is 42.5 Å². The SMILES string of the molecule is COc1nn(C)cc1C(=O)N1CCN(c2cc(-n3nc(C)cc3C)nc(C)n2)CC1. The van der Waals surface area contributed by atoms with Gasteiger partial charge in [0.05, 0.1) is 12.8 Å². The second-order valence-electron chi connectivity index (χ2n) is 7.48. The number of ether oxygens (including phenoxy) is 1. The maximum absolute atomic E-state index is 12.9. The molecule has 4 rings (SSSR count). The summed E-state index contributed by atoms with van der Waals surface area (Å²) in [6.45, 7) is 8.40. The number of carbonyl (C=O) groups is 1. The zero-order valence-corrected chi connectivity index (χ0v) is 18.0. The molecule has 1 amide bonds. The molecule has 0 saturated carbocycles. The van der Waals surface area contributed by atoms with E-state index in [4.69, 9.17) is 4.74 Å². The van der Waals surface area contributed by atoms with Crippen molar-refractivity contribution in [1.29, 1.82) is 0 Å². The van der Waals surface area contributed by atoms with Crippen LogP contribution in [-0.2, 0) is 7.05 Å². The highest BCUT2D eigenvalue weighted by Crippen LogP contribution is 2.21. The van der Waals surface area contributed by atoms with Crippen molar-refractivity contribution in [2.24, 2.45) is 7.05 Å². The Morgan fingerprint density at radius 2 is 1.70 bits per heavy atom. The second kappa shape index (κ2) is 7.77. The van der Waals surface area contributed by atoms with Crippen LogP contribution < -0.4 is 9.64 Å². The van der Waals surface area contributed by atoms with Crippen molar-refractivity contribution in [3.8, 4) is 11.7 Å². The van der Waals surface area contributed by atoms with Gasteiger partial charge in [0, 0.05) is 51.2 Å². The van der Waals surface area contributed by atoms with Gasteiger partial charge in [-0.1, -0.05) is 0 Å². The number of piperazine rings is 1. The summed E-state index contributed by atoms with van der Waals surface area (Å²) >= 11 is 0. The van der Waals surface area contributed by atoms with Crippen molar-refractivity contribution in [1.82, 2.24) is 34.4 Å². The Balaban J connectivity index is 1.50. The summed E-state index contributed by atoms with van der Waals surface area (Å²) in [4.78, 5) is 26.1. The molecule has 158 valence electrons. The van der Waals surface area contributed by atoms with Crippen LogP contribution in [0.3, 0.4) is 0 Å². The molecule has 0 spiro atoms. The molecule has 30 heavy (non-hydrogen) atoms. The van der Waals surface area contributed by atoms with E-state index < -0.39 is 0 Å². The Morgan fingerprint density at radius 1 is 1.00 bits per heavy atom. The third kappa shape index (κ3) is 3.72. The molecule has 3 aromatic rings. The van der Waals surface area contributed by atoms with E-state index in [2.05, 4.69) is 25.1 Å². The van der Waals surface area contributed by atoms with Gasteiger partial charge in [0.25, 0.3) is 5.91 Å². The third-order valence-electron chi connectivity index (χ3n) is 5.15. The van der Waals surface area contributed by atoms with Crippen LogP contribution in [0.15, 0.2) is 18.3 Å². The van der Waals surface area contributed by atoms with Crippen LogP contribution in [0.25, 0.3) is 5.82 Å². The normalized spacial score (nSPS) is 14.3. The highest BCUT2D eigenvalue weighted by atomic mass is 16.5. The van der Waals surface area contributed by atoms with Gasteiger partial charge in [0.2, 0.25) is 5.88 Å². The molecule has 10 heteroatoms. The van der Waals surface area contributed by atoms with Crippen molar-refractivity contribution in [3.63, 3.8) is 0 Å². The fourth-order valence-corrected chi connectivity index (χ4v) is 3.74. The molecule has 1 aliphatic heterocycles. The van der Waals surface area contributed by atoms with E-state index in [-0.39, 0.29) is 5.91 Å². The number of hydrogen-bond acceptors (Lipinski definition) is 7. The maximum atomic E-state index is 12.9. The van der Waals surface area contributed by atoms with Gasteiger partial charge in [-0.3, -0.25) is 9.48 Å². The van der Waals surface area contributed by atoms with Crippen LogP contribution in [0.1, 0.15) is 27.6 Å². The highest BCUT2D eigenvalue weighted by molar-refractivity contribution is 5.96. The maximum Gasteiger partial charge on any atom is 0.261 e. The number of carbonyl (C=O) groups excluding carboxylic acids is 1. The van der Waals surface area contributed by atoms with Crippen LogP contribution in [0.2, 0.25) is 0 Å². The first-order chi connectivity index (χ1) is 14.4. The number of methoxy groups -OCH3 is 1. The smallest absolute Gasteiger partial charge is 0.261 e. The minimum absolute atomic E-state index is 0.0678. The van der Waals surface area contributed by atoms with Crippen molar-refractivity contribution >= 4 is 11.7 Å². The minimum atomic E-state index is -0.0678. The molecule has 1 saturated heterocycles. The summed E-state index contributed by atoms with van der Waals surface area (Å²) in [7, 11) is 3.30. The summed E-state index contributed by atoms with van der Waals surface area (Å²) in [5, 5.41) is 8.71. The van der Waals surface area contributed by atoms with Crippen LogP contribution in [0.4, 0.5) is 5.82 Å². The number of anilines is 1. The number of amides is 1. The molecule has 3 aromatic heterocycles. The Labute approximate surface area is 175 Å². The van der Waals surface area contributed by atoms with Gasteiger partial charge in [0.15, 0.2) is 5.82 Å². The van der Waals surface area contributed by atoms with E-state index in [9.17, 15) is 4.79 Å². The molecule has 0 bridgehead atoms. The molecular formula is C20H26N8O2. The predicted molar refractivity (Wildman–Crippen MR) is 111 cm³/mol. The minimum Gasteiger partial charge on any atom is -0.479 e. The van der Waals surface area contributed by atoms with Crippen LogP contribution in [0, 0.1) is 20.8 Å². The van der Waals surface area contributed by atoms with Gasteiger partial charge in [-0.2, -0.15) is 5.10 Å². The molecule has 0 unspecified atom stereocenters. The fourth-order valence-electron chi connectivity index (χ4n) is 3.74. The largest absolute Gasteiger partial charge is 0.479 e. The predicted octanol–water partition coefficient (Wildman–Crippen LogP) is 1.29. The van der Waals surface area contributed by atoms with Crippen LogP contribution in [0.5, 0.6) is 5.88 Å². The monoisotopic (exact) mass is 410 g/mol. The summed E-state index contributed by atoms with van der Waals surface area (Å²) in [6.07, 6.45) is 1.70. The fraction of sp³-hybridized carbons (Fsp3) is 0.450. The number of aryl methyl sites for hydroxylation is 4. The molecule has 0 aliphatic carbocycles. The lowest BCUT2D eigenvalue weighted by atomic mass is 10.2. The zero-order chi connectivity index (χ0) is 21.4. The van der Waals surface area contributed by atoms with Crippen LogP contribution >= 0.6 is 0 Å². The number of aromatic nitrogens is 6. The molecule has 1 fully saturated rings. The molecule has 0 N–H and O–H groups in total. The average molecular weight is 410 g/mol. The van der Waals surface area contributed by atoms with Gasteiger partial charge >= 0.3 is 0 Å². The molecular weight excluding hydrogens is 384 g/mol. The van der Waals surface area contributed by atoms with E-state index in [0.29, 0.717) is 43.4 Å². The van der Waals surface area contributed by atoms with Crippen molar-refractivity contribution in [2.45, 2.75) is 20.8 Å². The number of nitrogens with zero attached hydrogens (tertiary/aromatic N) is 8.